The first-order valence-corrected chi connectivity index (χ1v) is 8.71. The van der Waals surface area contributed by atoms with Gasteiger partial charge in [0.15, 0.2) is 5.82 Å². The molecule has 0 saturated heterocycles. The lowest BCUT2D eigenvalue weighted by molar-refractivity contribution is 0.244. The van der Waals surface area contributed by atoms with Crippen LogP contribution < -0.4 is 15.4 Å². The fraction of sp³-hybridized carbons (Fsp3) is 0.167. The Hall–Kier alpha value is -2.57. The minimum atomic E-state index is 0.0609. The van der Waals surface area contributed by atoms with Crippen molar-refractivity contribution >= 4 is 46.3 Å². The summed E-state index contributed by atoms with van der Waals surface area (Å²) in [7, 11) is 0. The van der Waals surface area contributed by atoms with Crippen molar-refractivity contribution in [2.24, 2.45) is 0 Å². The van der Waals surface area contributed by atoms with E-state index in [4.69, 9.17) is 27.9 Å². The Morgan fingerprint density at radius 2 is 1.81 bits per heavy atom. The van der Waals surface area contributed by atoms with Crippen LogP contribution in [-0.2, 0) is 0 Å². The minimum Gasteiger partial charge on any atom is -0.489 e. The Bertz CT molecular complexity index is 904. The van der Waals surface area contributed by atoms with Gasteiger partial charge in [0.05, 0.1) is 28.7 Å². The number of rotatable bonds is 6. The molecule has 0 fully saturated rings. The van der Waals surface area contributed by atoms with E-state index in [0.717, 1.165) is 11.4 Å². The Balaban J connectivity index is 1.80. The van der Waals surface area contributed by atoms with E-state index in [1.807, 2.05) is 38.1 Å². The number of hydrogen-bond acceptors (Lipinski definition) is 6. The van der Waals surface area contributed by atoms with Gasteiger partial charge < -0.3 is 15.4 Å². The van der Waals surface area contributed by atoms with Crippen LogP contribution in [0, 0.1) is 0 Å². The number of benzene rings is 2. The zero-order valence-electron chi connectivity index (χ0n) is 14.2. The molecule has 3 rings (SSSR count). The molecule has 8 heteroatoms. The molecule has 134 valence electrons. The molecule has 1 aromatic heterocycles. The van der Waals surface area contributed by atoms with Gasteiger partial charge in [-0.25, -0.2) is 0 Å². The molecule has 0 unspecified atom stereocenters. The van der Waals surface area contributed by atoms with E-state index >= 15 is 0 Å². The number of halogens is 2. The third kappa shape index (κ3) is 4.74. The second-order valence-corrected chi connectivity index (χ2v) is 6.55. The molecule has 26 heavy (non-hydrogen) atoms. The summed E-state index contributed by atoms with van der Waals surface area (Å²) < 4.78 is 5.80. The van der Waals surface area contributed by atoms with Crippen molar-refractivity contribution in [3.05, 3.63) is 58.7 Å². The molecular formula is C18H17Cl2N5O. The van der Waals surface area contributed by atoms with Crippen LogP contribution in [0.15, 0.2) is 48.7 Å². The molecule has 6 nitrogen and oxygen atoms in total. The molecule has 0 atom stereocenters. The van der Waals surface area contributed by atoms with Crippen LogP contribution in [0.3, 0.4) is 0 Å². The van der Waals surface area contributed by atoms with Crippen molar-refractivity contribution in [1.29, 1.82) is 0 Å². The van der Waals surface area contributed by atoms with E-state index in [1.54, 1.807) is 18.2 Å². The van der Waals surface area contributed by atoms with Crippen LogP contribution in [-0.4, -0.2) is 21.3 Å². The van der Waals surface area contributed by atoms with Crippen LogP contribution in [0.1, 0.15) is 13.8 Å². The summed E-state index contributed by atoms with van der Waals surface area (Å²) in [5.41, 5.74) is 1.43. The Morgan fingerprint density at radius 1 is 1.00 bits per heavy atom. The van der Waals surface area contributed by atoms with E-state index < -0.39 is 0 Å². The Labute approximate surface area is 161 Å². The largest absolute Gasteiger partial charge is 0.489 e. The number of aromatic nitrogens is 3. The topological polar surface area (TPSA) is 72.0 Å². The maximum atomic E-state index is 6.16. The first-order chi connectivity index (χ1) is 12.5. The second kappa shape index (κ2) is 8.21. The lowest BCUT2D eigenvalue weighted by Crippen LogP contribution is -2.08. The third-order valence-electron chi connectivity index (χ3n) is 3.25. The molecule has 0 aliphatic carbocycles. The van der Waals surface area contributed by atoms with Gasteiger partial charge in [0, 0.05) is 5.02 Å². The van der Waals surface area contributed by atoms with Gasteiger partial charge in [0.1, 0.15) is 5.75 Å². The second-order valence-electron chi connectivity index (χ2n) is 5.70. The Morgan fingerprint density at radius 3 is 2.58 bits per heavy atom. The average Bonchev–Trinajstić information content (AvgIpc) is 2.59. The number of ether oxygens (including phenoxy) is 1. The number of anilines is 4. The van der Waals surface area contributed by atoms with Gasteiger partial charge in [0.25, 0.3) is 0 Å². The van der Waals surface area contributed by atoms with E-state index in [2.05, 4.69) is 25.8 Å². The summed E-state index contributed by atoms with van der Waals surface area (Å²) in [5.74, 6) is 1.56. The molecule has 0 radical (unpaired) electrons. The highest BCUT2D eigenvalue weighted by molar-refractivity contribution is 6.36. The van der Waals surface area contributed by atoms with Crippen molar-refractivity contribution < 1.29 is 4.74 Å². The first kappa shape index (κ1) is 18.2. The maximum Gasteiger partial charge on any atom is 0.249 e. The lowest BCUT2D eigenvalue weighted by Gasteiger charge is -2.15. The summed E-state index contributed by atoms with van der Waals surface area (Å²) in [4.78, 5) is 4.40. The molecule has 2 aromatic carbocycles. The molecular weight excluding hydrogens is 373 g/mol. The average molecular weight is 390 g/mol. The van der Waals surface area contributed by atoms with Crippen molar-refractivity contribution in [2.45, 2.75) is 20.0 Å². The molecule has 0 bridgehead atoms. The smallest absolute Gasteiger partial charge is 0.249 e. The minimum absolute atomic E-state index is 0.0609. The molecule has 1 heterocycles. The van der Waals surface area contributed by atoms with Gasteiger partial charge in [-0.05, 0) is 44.2 Å². The third-order valence-corrected chi connectivity index (χ3v) is 3.80. The molecule has 0 aliphatic heterocycles. The quantitative estimate of drug-likeness (QED) is 0.583. The SMILES string of the molecule is CC(C)Oc1ccccc1Nc1cnnc(Nc2ccc(Cl)cc2Cl)n1. The van der Waals surface area contributed by atoms with Gasteiger partial charge in [-0.2, -0.15) is 10.1 Å². The van der Waals surface area contributed by atoms with Crippen molar-refractivity contribution in [3.63, 3.8) is 0 Å². The number of nitrogens with zero attached hydrogens (tertiary/aromatic N) is 3. The summed E-state index contributed by atoms with van der Waals surface area (Å²) in [5, 5.41) is 15.2. The predicted octanol–water partition coefficient (Wildman–Crippen LogP) is 5.45. The lowest BCUT2D eigenvalue weighted by atomic mass is 10.3. The highest BCUT2D eigenvalue weighted by Gasteiger charge is 2.09. The summed E-state index contributed by atoms with van der Waals surface area (Å²) in [6.07, 6.45) is 1.59. The van der Waals surface area contributed by atoms with Gasteiger partial charge >= 0.3 is 0 Å². The highest BCUT2D eigenvalue weighted by atomic mass is 35.5. The van der Waals surface area contributed by atoms with Gasteiger partial charge in [-0.1, -0.05) is 35.3 Å². The highest BCUT2D eigenvalue weighted by Crippen LogP contribution is 2.29. The standard InChI is InChI=1S/C18H17Cl2N5O/c1-11(2)26-16-6-4-3-5-15(16)22-17-10-21-25-18(24-17)23-14-8-7-12(19)9-13(14)20/h3-11H,1-2H3,(H2,22,23,24,25). The number of nitrogens with one attached hydrogen (secondary N) is 2. The maximum absolute atomic E-state index is 6.16. The van der Waals surface area contributed by atoms with Crippen LogP contribution in [0.2, 0.25) is 10.0 Å². The van der Waals surface area contributed by atoms with Crippen LogP contribution in [0.5, 0.6) is 5.75 Å². The molecule has 3 aromatic rings. The van der Waals surface area contributed by atoms with Gasteiger partial charge in [-0.15, -0.1) is 5.10 Å². The van der Waals surface area contributed by atoms with Crippen molar-refractivity contribution in [1.82, 2.24) is 15.2 Å². The molecule has 0 spiro atoms. The van der Waals surface area contributed by atoms with Crippen LogP contribution in [0.4, 0.5) is 23.1 Å². The van der Waals surface area contributed by atoms with E-state index in [0.29, 0.717) is 27.5 Å². The molecule has 2 N–H and O–H groups in total. The van der Waals surface area contributed by atoms with Crippen LogP contribution in [0.25, 0.3) is 0 Å². The molecule has 0 saturated carbocycles. The van der Waals surface area contributed by atoms with E-state index in [9.17, 15) is 0 Å². The normalized spacial score (nSPS) is 10.7. The summed E-state index contributed by atoms with van der Waals surface area (Å²) >= 11 is 12.1. The molecule has 0 aliphatic rings. The summed E-state index contributed by atoms with van der Waals surface area (Å²) in [6, 6.07) is 12.7. The summed E-state index contributed by atoms with van der Waals surface area (Å²) in [6.45, 7) is 3.95. The van der Waals surface area contributed by atoms with Crippen molar-refractivity contribution in [3.8, 4) is 5.75 Å². The number of hydrogen-bond donors (Lipinski definition) is 2. The fourth-order valence-electron chi connectivity index (χ4n) is 2.19. The van der Waals surface area contributed by atoms with Crippen molar-refractivity contribution in [2.75, 3.05) is 10.6 Å². The van der Waals surface area contributed by atoms with E-state index in [-0.39, 0.29) is 6.10 Å². The molecule has 0 amide bonds. The van der Waals surface area contributed by atoms with Gasteiger partial charge in [-0.3, -0.25) is 0 Å². The predicted molar refractivity (Wildman–Crippen MR) is 105 cm³/mol. The zero-order chi connectivity index (χ0) is 18.5. The monoisotopic (exact) mass is 389 g/mol. The zero-order valence-corrected chi connectivity index (χ0v) is 15.7. The fourth-order valence-corrected chi connectivity index (χ4v) is 2.65. The first-order valence-electron chi connectivity index (χ1n) is 7.96. The van der Waals surface area contributed by atoms with Gasteiger partial charge in [0.2, 0.25) is 5.95 Å². The van der Waals surface area contributed by atoms with Crippen LogP contribution >= 0.6 is 23.2 Å². The number of para-hydroxylation sites is 2. The Kier molecular flexibility index (Phi) is 5.75. The van der Waals surface area contributed by atoms with E-state index in [1.165, 1.54) is 6.20 Å².